The number of carbonyl (C=O) groups excluding carboxylic acids is 3. The minimum atomic E-state index is -5.77. The molecule has 0 aliphatic carbocycles. The lowest BCUT2D eigenvalue weighted by Gasteiger charge is -2.18. The number of hydrogen-bond acceptors (Lipinski definition) is 5. The molecular weight excluding hydrogens is 556 g/mol. The second kappa shape index (κ2) is 10.6. The standard InChI is InChI=1S/C21H16ClN3O2.C4F6O2/c22-15-1-2-20-13(8-15)7-14(11-27-20)18-9-12(3-5-23-18)19-10-16-17(25-19)4-6-24-21(16)26;5-3(6,7)1(11)2(12)4(8,9)10/h1-3,5,7-10,25H,4,6,11H2,(H,24,26);. The van der Waals surface area contributed by atoms with Gasteiger partial charge in [0.1, 0.15) is 12.4 Å². The highest BCUT2D eigenvalue weighted by atomic mass is 35.5. The molecule has 0 spiro atoms. The Morgan fingerprint density at radius 2 is 1.67 bits per heavy atom. The van der Waals surface area contributed by atoms with Crippen molar-refractivity contribution in [3.63, 3.8) is 0 Å². The molecule has 14 heteroatoms. The summed E-state index contributed by atoms with van der Waals surface area (Å²) in [5, 5.41) is 3.55. The van der Waals surface area contributed by atoms with Crippen LogP contribution in [0.15, 0.2) is 42.6 Å². The first-order valence-electron chi connectivity index (χ1n) is 11.1. The number of ketones is 2. The summed E-state index contributed by atoms with van der Waals surface area (Å²) in [4.78, 5) is 39.1. The minimum Gasteiger partial charge on any atom is -0.488 e. The van der Waals surface area contributed by atoms with E-state index in [1.165, 1.54) is 0 Å². The Morgan fingerprint density at radius 3 is 2.31 bits per heavy atom. The molecule has 1 amide bonds. The third-order valence-corrected chi connectivity index (χ3v) is 5.85. The Hall–Kier alpha value is -4.13. The van der Waals surface area contributed by atoms with E-state index in [2.05, 4.69) is 21.4 Å². The van der Waals surface area contributed by atoms with Gasteiger partial charge >= 0.3 is 23.9 Å². The number of benzene rings is 1. The van der Waals surface area contributed by atoms with Crippen LogP contribution in [0.3, 0.4) is 0 Å². The van der Waals surface area contributed by atoms with E-state index in [1.54, 1.807) is 6.20 Å². The Balaban J connectivity index is 0.000000251. The number of alkyl halides is 6. The van der Waals surface area contributed by atoms with Gasteiger partial charge in [0.15, 0.2) is 0 Å². The van der Waals surface area contributed by atoms with Gasteiger partial charge in [-0.05, 0) is 42.5 Å². The van der Waals surface area contributed by atoms with Gasteiger partial charge in [0.2, 0.25) is 0 Å². The fourth-order valence-corrected chi connectivity index (χ4v) is 3.96. The molecule has 2 aliphatic rings. The maximum atomic E-state index is 12.0. The van der Waals surface area contributed by atoms with Gasteiger partial charge in [-0.25, -0.2) is 0 Å². The number of hydrogen-bond donors (Lipinski definition) is 2. The topological polar surface area (TPSA) is 101 Å². The third-order valence-electron chi connectivity index (χ3n) is 5.61. The quantitative estimate of drug-likeness (QED) is 0.333. The van der Waals surface area contributed by atoms with E-state index in [0.29, 0.717) is 18.2 Å². The molecule has 1 aromatic carbocycles. The van der Waals surface area contributed by atoms with Crippen LogP contribution in [0.1, 0.15) is 27.3 Å². The number of amides is 1. The van der Waals surface area contributed by atoms with Crippen molar-refractivity contribution in [3.05, 3.63) is 70.1 Å². The van der Waals surface area contributed by atoms with E-state index < -0.39 is 23.9 Å². The molecule has 0 radical (unpaired) electrons. The normalized spacial score (nSPS) is 14.5. The van der Waals surface area contributed by atoms with E-state index >= 15 is 0 Å². The van der Waals surface area contributed by atoms with Crippen molar-refractivity contribution >= 4 is 40.7 Å². The first-order valence-corrected chi connectivity index (χ1v) is 11.4. The molecule has 2 N–H and O–H groups in total. The first-order chi connectivity index (χ1) is 18.2. The SMILES string of the molecule is O=C(C(=O)C(F)(F)F)C(F)(F)F.O=C1NCCc2[nH]c(-c3ccnc(C4=Cc5cc(Cl)ccc5OC4)c3)cc21. The molecular formula is C25H16ClF6N3O4. The summed E-state index contributed by atoms with van der Waals surface area (Å²) in [5.74, 6) is -6.02. The van der Waals surface area contributed by atoms with Crippen molar-refractivity contribution in [2.45, 2.75) is 18.8 Å². The number of rotatable bonds is 3. The fourth-order valence-electron chi connectivity index (χ4n) is 3.78. The van der Waals surface area contributed by atoms with Crippen LogP contribution in [0.4, 0.5) is 26.3 Å². The van der Waals surface area contributed by atoms with Gasteiger partial charge in [-0.3, -0.25) is 19.4 Å². The number of pyridine rings is 1. The summed E-state index contributed by atoms with van der Waals surface area (Å²) in [6.07, 6.45) is -6.89. The lowest BCUT2D eigenvalue weighted by atomic mass is 10.0. The predicted octanol–water partition coefficient (Wildman–Crippen LogP) is 5.20. The van der Waals surface area contributed by atoms with Crippen LogP contribution >= 0.6 is 11.6 Å². The van der Waals surface area contributed by atoms with Crippen molar-refractivity contribution < 1.29 is 45.5 Å². The lowest BCUT2D eigenvalue weighted by Crippen LogP contribution is -2.39. The Kier molecular flexibility index (Phi) is 7.55. The number of nitrogens with one attached hydrogen (secondary N) is 2. The van der Waals surface area contributed by atoms with Gasteiger partial charge in [-0.1, -0.05) is 11.6 Å². The number of nitrogens with zero attached hydrogens (tertiary/aromatic N) is 1. The molecule has 0 atom stereocenters. The number of fused-ring (bicyclic) bond motifs is 2. The summed E-state index contributed by atoms with van der Waals surface area (Å²) in [6, 6.07) is 11.4. The van der Waals surface area contributed by atoms with Gasteiger partial charge in [0.05, 0.1) is 11.3 Å². The van der Waals surface area contributed by atoms with Gasteiger partial charge in [0, 0.05) is 52.3 Å². The highest BCUT2D eigenvalue weighted by Gasteiger charge is 2.54. The average Bonchev–Trinajstić information content (AvgIpc) is 3.33. The van der Waals surface area contributed by atoms with Crippen LogP contribution in [0, 0.1) is 0 Å². The monoisotopic (exact) mass is 571 g/mol. The van der Waals surface area contributed by atoms with Crippen LogP contribution in [0.5, 0.6) is 5.75 Å². The first kappa shape index (κ1) is 27.9. The predicted molar refractivity (Wildman–Crippen MR) is 127 cm³/mol. The summed E-state index contributed by atoms with van der Waals surface area (Å²) in [5.41, 5.74) is 6.38. The summed E-state index contributed by atoms with van der Waals surface area (Å²) < 4.78 is 72.8. The number of halogens is 7. The van der Waals surface area contributed by atoms with E-state index in [-0.39, 0.29) is 5.91 Å². The molecule has 2 aromatic heterocycles. The van der Waals surface area contributed by atoms with Crippen molar-refractivity contribution in [3.8, 4) is 17.0 Å². The number of Topliss-reactive ketones (excluding diaryl/α,β-unsaturated/α-hetero) is 2. The highest BCUT2D eigenvalue weighted by molar-refractivity contribution is 6.41. The van der Waals surface area contributed by atoms with Gasteiger partial charge < -0.3 is 15.0 Å². The Labute approximate surface area is 220 Å². The molecule has 2 aliphatic heterocycles. The van der Waals surface area contributed by atoms with E-state index in [0.717, 1.165) is 51.5 Å². The molecule has 39 heavy (non-hydrogen) atoms. The third kappa shape index (κ3) is 6.30. The van der Waals surface area contributed by atoms with E-state index in [9.17, 15) is 40.7 Å². The van der Waals surface area contributed by atoms with Crippen molar-refractivity contribution in [2.75, 3.05) is 13.2 Å². The highest BCUT2D eigenvalue weighted by Crippen LogP contribution is 2.33. The zero-order chi connectivity index (χ0) is 28.5. The largest absolute Gasteiger partial charge is 0.488 e. The summed E-state index contributed by atoms with van der Waals surface area (Å²) in [6.45, 7) is 1.12. The molecule has 0 unspecified atom stereocenters. The molecule has 5 rings (SSSR count). The zero-order valence-electron chi connectivity index (χ0n) is 19.5. The van der Waals surface area contributed by atoms with Gasteiger partial charge in [-0.2, -0.15) is 26.3 Å². The number of carbonyl (C=O) groups is 3. The molecule has 3 aromatic rings. The number of aromatic amines is 1. The molecule has 0 saturated carbocycles. The number of H-pyrrole nitrogens is 1. The van der Waals surface area contributed by atoms with Crippen LogP contribution in [0.25, 0.3) is 22.9 Å². The molecule has 0 saturated heterocycles. The lowest BCUT2D eigenvalue weighted by molar-refractivity contribution is -0.193. The number of aromatic nitrogens is 2. The van der Waals surface area contributed by atoms with E-state index in [1.807, 2.05) is 36.4 Å². The summed E-state index contributed by atoms with van der Waals surface area (Å²) >= 11 is 6.10. The second-order valence-corrected chi connectivity index (χ2v) is 8.74. The molecule has 0 fully saturated rings. The summed E-state index contributed by atoms with van der Waals surface area (Å²) in [7, 11) is 0. The average molecular weight is 572 g/mol. The molecule has 204 valence electrons. The molecule has 0 bridgehead atoms. The van der Waals surface area contributed by atoms with Crippen LogP contribution in [-0.2, 0) is 16.0 Å². The molecule has 4 heterocycles. The van der Waals surface area contributed by atoms with Gasteiger partial charge in [-0.15, -0.1) is 0 Å². The Morgan fingerprint density at radius 1 is 0.974 bits per heavy atom. The maximum absolute atomic E-state index is 12.0. The smallest absolute Gasteiger partial charge is 0.458 e. The van der Waals surface area contributed by atoms with Crippen molar-refractivity contribution in [1.29, 1.82) is 0 Å². The van der Waals surface area contributed by atoms with Crippen LogP contribution < -0.4 is 10.1 Å². The maximum Gasteiger partial charge on any atom is 0.458 e. The van der Waals surface area contributed by atoms with Crippen LogP contribution in [0.2, 0.25) is 5.02 Å². The molecule has 7 nitrogen and oxygen atoms in total. The van der Waals surface area contributed by atoms with Crippen molar-refractivity contribution in [2.24, 2.45) is 0 Å². The van der Waals surface area contributed by atoms with Crippen LogP contribution in [-0.4, -0.2) is 52.9 Å². The van der Waals surface area contributed by atoms with Crippen molar-refractivity contribution in [1.82, 2.24) is 15.3 Å². The second-order valence-electron chi connectivity index (χ2n) is 8.31. The Bertz CT molecular complexity index is 1470. The minimum absolute atomic E-state index is 0.0232. The fraction of sp³-hybridized carbons (Fsp3) is 0.200. The van der Waals surface area contributed by atoms with E-state index in [4.69, 9.17) is 16.3 Å². The van der Waals surface area contributed by atoms with Gasteiger partial charge in [0.25, 0.3) is 5.91 Å². The number of ether oxygens (including phenoxy) is 1. The zero-order valence-corrected chi connectivity index (χ0v) is 20.2.